The van der Waals surface area contributed by atoms with Gasteiger partial charge in [-0.1, -0.05) is 13.3 Å². The summed E-state index contributed by atoms with van der Waals surface area (Å²) < 4.78 is 5.35. The molecule has 0 saturated heterocycles. The van der Waals surface area contributed by atoms with Crippen molar-refractivity contribution in [2.45, 2.75) is 33.3 Å². The molecular formula is C14H25N5O2. The van der Waals surface area contributed by atoms with Crippen LogP contribution >= 0.6 is 0 Å². The third kappa shape index (κ3) is 5.95. The van der Waals surface area contributed by atoms with Gasteiger partial charge in [-0.3, -0.25) is 4.79 Å². The van der Waals surface area contributed by atoms with Crippen LogP contribution in [0.1, 0.15) is 32.5 Å². The van der Waals surface area contributed by atoms with E-state index in [1.54, 1.807) is 7.05 Å². The van der Waals surface area contributed by atoms with Gasteiger partial charge in [-0.15, -0.1) is 0 Å². The van der Waals surface area contributed by atoms with E-state index in [2.05, 4.69) is 22.2 Å². The van der Waals surface area contributed by atoms with Gasteiger partial charge in [-0.25, -0.2) is 9.97 Å². The number of carbonyl (C=O) groups is 1. The first kappa shape index (κ1) is 17.2. The summed E-state index contributed by atoms with van der Waals surface area (Å²) in [4.78, 5) is 21.9. The maximum absolute atomic E-state index is 11.3. The van der Waals surface area contributed by atoms with Crippen LogP contribution in [0.2, 0.25) is 0 Å². The van der Waals surface area contributed by atoms with E-state index in [1.807, 2.05) is 17.9 Å². The molecule has 3 N–H and O–H groups in total. The Morgan fingerprint density at radius 2 is 2.19 bits per heavy atom. The van der Waals surface area contributed by atoms with E-state index in [4.69, 9.17) is 10.5 Å². The van der Waals surface area contributed by atoms with Gasteiger partial charge in [0.1, 0.15) is 18.2 Å². The van der Waals surface area contributed by atoms with Crippen molar-refractivity contribution in [1.82, 2.24) is 9.97 Å². The van der Waals surface area contributed by atoms with Crippen molar-refractivity contribution in [3.63, 3.8) is 0 Å². The fourth-order valence-electron chi connectivity index (χ4n) is 1.84. The zero-order chi connectivity index (χ0) is 15.7. The Hall–Kier alpha value is -1.89. The highest BCUT2D eigenvalue weighted by molar-refractivity contribution is 5.79. The lowest BCUT2D eigenvalue weighted by Crippen LogP contribution is -2.35. The molecule has 1 aromatic rings. The summed E-state index contributed by atoms with van der Waals surface area (Å²) in [6.45, 7) is 5.84. The number of unbranched alkanes of at least 4 members (excludes halogenated alkanes) is 1. The van der Waals surface area contributed by atoms with E-state index < -0.39 is 0 Å². The zero-order valence-corrected chi connectivity index (χ0v) is 13.1. The Bertz CT molecular complexity index is 453. The number of ether oxygens (including phenoxy) is 1. The molecular weight excluding hydrogens is 270 g/mol. The van der Waals surface area contributed by atoms with Crippen molar-refractivity contribution < 1.29 is 9.53 Å². The second-order valence-electron chi connectivity index (χ2n) is 4.66. The number of hydrogen-bond acceptors (Lipinski definition) is 6. The minimum absolute atomic E-state index is 0.147. The summed E-state index contributed by atoms with van der Waals surface area (Å²) in [7, 11) is 1.79. The number of carbonyl (C=O) groups excluding carboxylic acids is 1. The molecule has 0 saturated carbocycles. The van der Waals surface area contributed by atoms with Gasteiger partial charge >= 0.3 is 0 Å². The Morgan fingerprint density at radius 3 is 2.76 bits per heavy atom. The lowest BCUT2D eigenvalue weighted by atomic mass is 10.3. The second kappa shape index (κ2) is 9.12. The topological polar surface area (TPSA) is 93.4 Å². The van der Waals surface area contributed by atoms with Crippen molar-refractivity contribution >= 4 is 17.5 Å². The van der Waals surface area contributed by atoms with E-state index in [-0.39, 0.29) is 12.5 Å². The highest BCUT2D eigenvalue weighted by Gasteiger charge is 2.13. The van der Waals surface area contributed by atoms with Gasteiger partial charge in [-0.2, -0.15) is 0 Å². The molecule has 0 spiro atoms. The third-order valence-electron chi connectivity index (χ3n) is 2.90. The van der Waals surface area contributed by atoms with Crippen molar-refractivity contribution in [1.29, 1.82) is 0 Å². The lowest BCUT2D eigenvalue weighted by molar-refractivity contribution is -0.116. The Kier molecular flexibility index (Phi) is 7.45. The molecule has 1 amide bonds. The first-order valence-electron chi connectivity index (χ1n) is 7.27. The van der Waals surface area contributed by atoms with Crippen molar-refractivity contribution in [2.75, 3.05) is 37.0 Å². The van der Waals surface area contributed by atoms with Crippen molar-refractivity contribution in [2.24, 2.45) is 5.73 Å². The molecule has 0 aliphatic rings. The number of nitrogens with zero attached hydrogens (tertiary/aromatic N) is 3. The highest BCUT2D eigenvalue weighted by atomic mass is 16.5. The number of rotatable bonds is 10. The molecule has 0 atom stereocenters. The predicted octanol–water partition coefficient (Wildman–Crippen LogP) is 1.15. The Labute approximate surface area is 125 Å². The van der Waals surface area contributed by atoms with E-state index in [0.29, 0.717) is 30.7 Å². The smallest absolute Gasteiger partial charge is 0.236 e. The second-order valence-corrected chi connectivity index (χ2v) is 4.66. The molecule has 0 aliphatic heterocycles. The van der Waals surface area contributed by atoms with Crippen LogP contribution in [0.3, 0.4) is 0 Å². The minimum Gasteiger partial charge on any atom is -0.374 e. The van der Waals surface area contributed by atoms with E-state index in [9.17, 15) is 4.79 Å². The van der Waals surface area contributed by atoms with Crippen LogP contribution in [0.25, 0.3) is 0 Å². The van der Waals surface area contributed by atoms with Gasteiger partial charge in [0.25, 0.3) is 0 Å². The molecule has 0 aromatic carbocycles. The molecule has 0 bridgehead atoms. The average Bonchev–Trinajstić information content (AvgIpc) is 2.48. The van der Waals surface area contributed by atoms with Gasteiger partial charge < -0.3 is 20.7 Å². The van der Waals surface area contributed by atoms with Crippen LogP contribution in [-0.2, 0) is 16.1 Å². The summed E-state index contributed by atoms with van der Waals surface area (Å²) in [6.07, 6.45) is 2.00. The summed E-state index contributed by atoms with van der Waals surface area (Å²) in [6, 6.07) is 1.81. The molecule has 21 heavy (non-hydrogen) atoms. The molecule has 7 nitrogen and oxygen atoms in total. The molecule has 0 radical (unpaired) electrons. The highest BCUT2D eigenvalue weighted by Crippen LogP contribution is 2.17. The Morgan fingerprint density at radius 1 is 1.43 bits per heavy atom. The van der Waals surface area contributed by atoms with E-state index >= 15 is 0 Å². The quantitative estimate of drug-likeness (QED) is 0.672. The minimum atomic E-state index is -0.373. The maximum atomic E-state index is 11.3. The fraction of sp³-hybridized carbons (Fsp3) is 0.643. The predicted molar refractivity (Wildman–Crippen MR) is 83.2 cm³/mol. The zero-order valence-electron chi connectivity index (χ0n) is 13.1. The summed E-state index contributed by atoms with van der Waals surface area (Å²) >= 11 is 0. The number of anilines is 2. The number of aromatic nitrogens is 2. The number of nitrogens with two attached hydrogens (primary N) is 1. The van der Waals surface area contributed by atoms with Crippen LogP contribution < -0.4 is 16.0 Å². The maximum Gasteiger partial charge on any atom is 0.236 e. The van der Waals surface area contributed by atoms with Crippen LogP contribution in [0.5, 0.6) is 0 Å². The van der Waals surface area contributed by atoms with Gasteiger partial charge in [0, 0.05) is 26.3 Å². The molecule has 0 unspecified atom stereocenters. The standard InChI is InChI=1S/C14H25N5O2/c1-4-6-7-19(9-11(15)20)14-8-12(16-3)17-13(18-14)10-21-5-2/h8H,4-7,9-10H2,1-3H3,(H2,15,20)(H,16,17,18). The largest absolute Gasteiger partial charge is 0.374 e. The molecule has 0 fully saturated rings. The number of hydrogen-bond donors (Lipinski definition) is 2. The van der Waals surface area contributed by atoms with Crippen molar-refractivity contribution in [3.8, 4) is 0 Å². The molecule has 0 aliphatic carbocycles. The van der Waals surface area contributed by atoms with Crippen molar-refractivity contribution in [3.05, 3.63) is 11.9 Å². The van der Waals surface area contributed by atoms with Crippen LogP contribution in [0, 0.1) is 0 Å². The number of amides is 1. The van der Waals surface area contributed by atoms with Crippen LogP contribution in [0.15, 0.2) is 6.07 Å². The van der Waals surface area contributed by atoms with Crippen LogP contribution in [0.4, 0.5) is 11.6 Å². The molecule has 7 heteroatoms. The fourth-order valence-corrected chi connectivity index (χ4v) is 1.84. The Balaban J connectivity index is 3.00. The molecule has 118 valence electrons. The molecule has 1 aromatic heterocycles. The normalized spacial score (nSPS) is 10.4. The van der Waals surface area contributed by atoms with Gasteiger partial charge in [-0.05, 0) is 13.3 Å². The monoisotopic (exact) mass is 295 g/mol. The first-order chi connectivity index (χ1) is 10.1. The van der Waals surface area contributed by atoms with Gasteiger partial charge in [0.15, 0.2) is 5.82 Å². The lowest BCUT2D eigenvalue weighted by Gasteiger charge is -2.23. The SMILES string of the molecule is CCCCN(CC(N)=O)c1cc(NC)nc(COCC)n1. The number of primary amides is 1. The summed E-state index contributed by atoms with van der Waals surface area (Å²) in [5, 5.41) is 3.00. The first-order valence-corrected chi connectivity index (χ1v) is 7.27. The molecule has 1 heterocycles. The van der Waals surface area contributed by atoms with Crippen LogP contribution in [-0.4, -0.2) is 42.6 Å². The van der Waals surface area contributed by atoms with Gasteiger partial charge in [0.05, 0.1) is 6.54 Å². The van der Waals surface area contributed by atoms with Gasteiger partial charge in [0.2, 0.25) is 5.91 Å². The summed E-state index contributed by atoms with van der Waals surface area (Å²) in [5.41, 5.74) is 5.33. The number of nitrogens with one attached hydrogen (secondary N) is 1. The summed E-state index contributed by atoms with van der Waals surface area (Å²) in [5.74, 6) is 1.60. The van der Waals surface area contributed by atoms with E-state index in [0.717, 1.165) is 19.4 Å². The average molecular weight is 295 g/mol. The molecule has 1 rings (SSSR count). The van der Waals surface area contributed by atoms with E-state index in [1.165, 1.54) is 0 Å². The third-order valence-corrected chi connectivity index (χ3v) is 2.90.